The van der Waals surface area contributed by atoms with Crippen molar-refractivity contribution >= 4 is 17.3 Å². The lowest BCUT2D eigenvalue weighted by Gasteiger charge is -2.21. The molecule has 2 aromatic rings. The van der Waals surface area contributed by atoms with E-state index in [4.69, 9.17) is 0 Å². The average molecular weight is 326 g/mol. The van der Waals surface area contributed by atoms with Gasteiger partial charge < -0.3 is 15.5 Å². The Balaban J connectivity index is 1.72. The van der Waals surface area contributed by atoms with Gasteiger partial charge in [-0.05, 0) is 55.8 Å². The summed E-state index contributed by atoms with van der Waals surface area (Å²) in [6.45, 7) is 7.62. The molecule has 0 aliphatic rings. The van der Waals surface area contributed by atoms with Crippen molar-refractivity contribution in [2.45, 2.75) is 26.8 Å². The van der Waals surface area contributed by atoms with Gasteiger partial charge in [0, 0.05) is 56.4 Å². The van der Waals surface area contributed by atoms with Crippen LogP contribution in [0.4, 0.5) is 11.4 Å². The Labute approximate surface area is 144 Å². The van der Waals surface area contributed by atoms with Gasteiger partial charge in [-0.3, -0.25) is 9.78 Å². The number of hydrogen-bond acceptors (Lipinski definition) is 4. The number of rotatable bonds is 9. The van der Waals surface area contributed by atoms with E-state index in [1.807, 2.05) is 36.4 Å². The number of hydrogen-bond donors (Lipinski definition) is 2. The van der Waals surface area contributed by atoms with Crippen molar-refractivity contribution in [3.05, 3.63) is 54.4 Å². The van der Waals surface area contributed by atoms with Crippen LogP contribution in [-0.4, -0.2) is 30.5 Å². The number of carbonyl (C=O) groups is 1. The van der Waals surface area contributed by atoms with Gasteiger partial charge in [0.1, 0.15) is 0 Å². The molecule has 5 nitrogen and oxygen atoms in total. The van der Waals surface area contributed by atoms with Crippen LogP contribution in [0.15, 0.2) is 48.8 Å². The van der Waals surface area contributed by atoms with Crippen LogP contribution in [0, 0.1) is 0 Å². The molecule has 1 aromatic heterocycles. The summed E-state index contributed by atoms with van der Waals surface area (Å²) in [5, 5.41) is 6.20. The molecule has 1 amide bonds. The second kappa shape index (κ2) is 9.67. The standard InChI is InChI=1S/C19H26N4O/c1-3-23(4-2)18-7-5-17(6-8-18)22-19(24)11-14-21-15-16-9-12-20-13-10-16/h5-10,12-13,21H,3-4,11,14-15H2,1-2H3,(H,22,24). The third-order valence-corrected chi connectivity index (χ3v) is 3.89. The lowest BCUT2D eigenvalue weighted by Crippen LogP contribution is -2.22. The SMILES string of the molecule is CCN(CC)c1ccc(NC(=O)CCNCc2ccncc2)cc1. The molecule has 0 bridgehead atoms. The molecule has 0 unspecified atom stereocenters. The third-order valence-electron chi connectivity index (χ3n) is 3.89. The number of carbonyl (C=O) groups excluding carboxylic acids is 1. The highest BCUT2D eigenvalue weighted by Gasteiger charge is 2.04. The fraction of sp³-hybridized carbons (Fsp3) is 0.368. The van der Waals surface area contributed by atoms with Crippen molar-refractivity contribution in [2.24, 2.45) is 0 Å². The molecule has 5 heteroatoms. The molecule has 24 heavy (non-hydrogen) atoms. The van der Waals surface area contributed by atoms with Crippen LogP contribution in [-0.2, 0) is 11.3 Å². The zero-order chi connectivity index (χ0) is 17.2. The molecule has 0 saturated carbocycles. The smallest absolute Gasteiger partial charge is 0.225 e. The second-order valence-electron chi connectivity index (χ2n) is 5.55. The lowest BCUT2D eigenvalue weighted by atomic mass is 10.2. The van der Waals surface area contributed by atoms with E-state index in [-0.39, 0.29) is 5.91 Å². The van der Waals surface area contributed by atoms with Crippen molar-refractivity contribution in [1.29, 1.82) is 0 Å². The Bertz CT molecular complexity index is 609. The normalized spacial score (nSPS) is 10.4. The molecule has 2 rings (SSSR count). The minimum atomic E-state index is 0.0211. The average Bonchev–Trinajstić information content (AvgIpc) is 2.62. The summed E-state index contributed by atoms with van der Waals surface area (Å²) < 4.78 is 0. The van der Waals surface area contributed by atoms with E-state index in [9.17, 15) is 4.79 Å². The van der Waals surface area contributed by atoms with Crippen LogP contribution >= 0.6 is 0 Å². The molecule has 1 heterocycles. The first-order valence-electron chi connectivity index (χ1n) is 8.47. The number of benzene rings is 1. The third kappa shape index (κ3) is 5.66. The number of aromatic nitrogens is 1. The first-order chi connectivity index (χ1) is 11.7. The summed E-state index contributed by atoms with van der Waals surface area (Å²) in [5.41, 5.74) is 3.18. The molecule has 0 aliphatic carbocycles. The summed E-state index contributed by atoms with van der Waals surface area (Å²) in [7, 11) is 0. The maximum absolute atomic E-state index is 12.0. The van der Waals surface area contributed by atoms with Gasteiger partial charge in [-0.15, -0.1) is 0 Å². The van der Waals surface area contributed by atoms with Crippen molar-refractivity contribution in [3.63, 3.8) is 0 Å². The first-order valence-corrected chi connectivity index (χ1v) is 8.47. The van der Waals surface area contributed by atoms with E-state index in [0.29, 0.717) is 13.0 Å². The van der Waals surface area contributed by atoms with Crippen molar-refractivity contribution < 1.29 is 4.79 Å². The molecule has 0 atom stereocenters. The van der Waals surface area contributed by atoms with Crippen molar-refractivity contribution in [1.82, 2.24) is 10.3 Å². The topological polar surface area (TPSA) is 57.3 Å². The fourth-order valence-corrected chi connectivity index (χ4v) is 2.50. The summed E-state index contributed by atoms with van der Waals surface area (Å²) in [5.74, 6) is 0.0211. The number of anilines is 2. The van der Waals surface area contributed by atoms with Gasteiger partial charge >= 0.3 is 0 Å². The van der Waals surface area contributed by atoms with Crippen LogP contribution in [0.3, 0.4) is 0 Å². The predicted molar refractivity (Wildman–Crippen MR) is 99.2 cm³/mol. The molecule has 128 valence electrons. The largest absolute Gasteiger partial charge is 0.372 e. The van der Waals surface area contributed by atoms with Crippen molar-refractivity contribution in [2.75, 3.05) is 29.9 Å². The maximum Gasteiger partial charge on any atom is 0.225 e. The highest BCUT2D eigenvalue weighted by Crippen LogP contribution is 2.17. The zero-order valence-corrected chi connectivity index (χ0v) is 14.5. The molecule has 0 aliphatic heterocycles. The van der Waals surface area contributed by atoms with E-state index < -0.39 is 0 Å². The monoisotopic (exact) mass is 326 g/mol. The summed E-state index contributed by atoms with van der Waals surface area (Å²) in [6, 6.07) is 11.9. The Morgan fingerprint density at radius 3 is 2.33 bits per heavy atom. The lowest BCUT2D eigenvalue weighted by molar-refractivity contribution is -0.116. The van der Waals surface area contributed by atoms with E-state index in [1.54, 1.807) is 12.4 Å². The Hall–Kier alpha value is -2.40. The van der Waals surface area contributed by atoms with Crippen LogP contribution in [0.1, 0.15) is 25.8 Å². The number of amides is 1. The number of nitrogens with one attached hydrogen (secondary N) is 2. The predicted octanol–water partition coefficient (Wildman–Crippen LogP) is 3.05. The highest BCUT2D eigenvalue weighted by atomic mass is 16.1. The fourth-order valence-electron chi connectivity index (χ4n) is 2.50. The van der Waals surface area contributed by atoms with Crippen LogP contribution < -0.4 is 15.5 Å². The van der Waals surface area contributed by atoms with Crippen LogP contribution in [0.25, 0.3) is 0 Å². The Kier molecular flexibility index (Phi) is 7.23. The highest BCUT2D eigenvalue weighted by molar-refractivity contribution is 5.91. The number of pyridine rings is 1. The van der Waals surface area contributed by atoms with Gasteiger partial charge in [0.25, 0.3) is 0 Å². The molecule has 0 radical (unpaired) electrons. The molecule has 1 aromatic carbocycles. The molecule has 0 fully saturated rings. The second-order valence-corrected chi connectivity index (χ2v) is 5.55. The minimum Gasteiger partial charge on any atom is -0.372 e. The quantitative estimate of drug-likeness (QED) is 0.696. The molecular weight excluding hydrogens is 300 g/mol. The Morgan fingerprint density at radius 2 is 1.71 bits per heavy atom. The molecular formula is C19H26N4O. The summed E-state index contributed by atoms with van der Waals surface area (Å²) in [4.78, 5) is 18.2. The zero-order valence-electron chi connectivity index (χ0n) is 14.5. The van der Waals surface area contributed by atoms with Crippen LogP contribution in [0.2, 0.25) is 0 Å². The maximum atomic E-state index is 12.0. The van der Waals surface area contributed by atoms with Gasteiger partial charge in [0.2, 0.25) is 5.91 Å². The van der Waals surface area contributed by atoms with Crippen LogP contribution in [0.5, 0.6) is 0 Å². The van der Waals surface area contributed by atoms with E-state index in [1.165, 1.54) is 5.69 Å². The molecule has 0 saturated heterocycles. The first kappa shape index (κ1) is 17.9. The van der Waals surface area contributed by atoms with Gasteiger partial charge in [0.15, 0.2) is 0 Å². The summed E-state index contributed by atoms with van der Waals surface area (Å²) >= 11 is 0. The van der Waals surface area contributed by atoms with Gasteiger partial charge in [-0.25, -0.2) is 0 Å². The molecule has 2 N–H and O–H groups in total. The number of nitrogens with zero attached hydrogens (tertiary/aromatic N) is 2. The van der Waals surface area contributed by atoms with E-state index in [0.717, 1.165) is 30.9 Å². The van der Waals surface area contributed by atoms with Gasteiger partial charge in [0.05, 0.1) is 0 Å². The van der Waals surface area contributed by atoms with Crippen molar-refractivity contribution in [3.8, 4) is 0 Å². The Morgan fingerprint density at radius 1 is 1.04 bits per heavy atom. The van der Waals surface area contributed by atoms with Gasteiger partial charge in [-0.2, -0.15) is 0 Å². The van der Waals surface area contributed by atoms with E-state index in [2.05, 4.69) is 34.4 Å². The molecule has 0 spiro atoms. The van der Waals surface area contributed by atoms with Gasteiger partial charge in [-0.1, -0.05) is 0 Å². The summed E-state index contributed by atoms with van der Waals surface area (Å²) in [6.07, 6.45) is 3.99. The minimum absolute atomic E-state index is 0.0211. The van der Waals surface area contributed by atoms with E-state index >= 15 is 0 Å².